The molecule has 0 spiro atoms. The van der Waals surface area contributed by atoms with Gasteiger partial charge in [-0.2, -0.15) is 5.10 Å². The fourth-order valence-electron chi connectivity index (χ4n) is 4.34. The molecule has 1 N–H and O–H groups in total. The lowest BCUT2D eigenvalue weighted by Crippen LogP contribution is -2.43. The van der Waals surface area contributed by atoms with Gasteiger partial charge in [-0.1, -0.05) is 52.0 Å². The van der Waals surface area contributed by atoms with Crippen molar-refractivity contribution in [3.8, 4) is 10.4 Å². The number of benzene rings is 1. The van der Waals surface area contributed by atoms with Crippen molar-refractivity contribution < 1.29 is 9.59 Å². The van der Waals surface area contributed by atoms with Gasteiger partial charge in [0.2, 0.25) is 5.91 Å². The van der Waals surface area contributed by atoms with E-state index in [9.17, 15) is 9.59 Å². The zero-order chi connectivity index (χ0) is 27.5. The molecule has 1 aliphatic heterocycles. The van der Waals surface area contributed by atoms with Crippen LogP contribution in [0, 0.1) is 19.8 Å². The molecule has 4 rings (SSSR count). The first-order valence-electron chi connectivity index (χ1n) is 13.2. The number of aromatic nitrogens is 3. The van der Waals surface area contributed by atoms with Crippen molar-refractivity contribution >= 4 is 23.5 Å². The van der Waals surface area contributed by atoms with Gasteiger partial charge in [0.1, 0.15) is 12.3 Å². The highest BCUT2D eigenvalue weighted by Crippen LogP contribution is 2.28. The van der Waals surface area contributed by atoms with Gasteiger partial charge in [-0.05, 0) is 63.3 Å². The van der Waals surface area contributed by atoms with Crippen molar-refractivity contribution in [3.63, 3.8) is 0 Å². The van der Waals surface area contributed by atoms with Gasteiger partial charge in [0.25, 0.3) is 0 Å². The summed E-state index contributed by atoms with van der Waals surface area (Å²) in [4.78, 5) is 31.0. The number of carbonyl (C=O) groups excluding carboxylic acids is 2. The Balaban J connectivity index is 0.000000247. The van der Waals surface area contributed by atoms with Gasteiger partial charge in [-0.15, -0.1) is 11.3 Å². The molecule has 0 bridgehead atoms. The number of hydrogen-bond acceptors (Lipinski definition) is 6. The maximum atomic E-state index is 12.7. The number of nitrogens with zero attached hydrogens (tertiary/aromatic N) is 4. The zero-order valence-corrected chi connectivity index (χ0v) is 24.4. The molecule has 1 amide bonds. The molecule has 202 valence electrons. The van der Waals surface area contributed by atoms with E-state index in [1.54, 1.807) is 27.1 Å². The molecule has 1 aliphatic rings. The highest BCUT2D eigenvalue weighted by molar-refractivity contribution is 7.13. The van der Waals surface area contributed by atoms with Crippen LogP contribution in [-0.2, 0) is 9.59 Å². The monoisotopic (exact) mass is 525 g/mol. The van der Waals surface area contributed by atoms with E-state index in [-0.39, 0.29) is 23.9 Å². The van der Waals surface area contributed by atoms with Crippen molar-refractivity contribution in [2.24, 2.45) is 5.92 Å². The molecule has 0 radical (unpaired) electrons. The van der Waals surface area contributed by atoms with Gasteiger partial charge in [0, 0.05) is 18.8 Å². The SMILES string of the molecule is CC.CNC(C)c1ccc(-c2scnc2C)cc1.Cc1cnn(C(C(=O)N2CCCC2C=O)C(C)C)c1. The molecule has 1 fully saturated rings. The average Bonchev–Trinajstić information content (AvgIpc) is 3.66. The Kier molecular flexibility index (Phi) is 12.1. The summed E-state index contributed by atoms with van der Waals surface area (Å²) < 4.78 is 1.72. The van der Waals surface area contributed by atoms with Crippen LogP contribution in [0.5, 0.6) is 0 Å². The smallest absolute Gasteiger partial charge is 0.248 e. The number of nitrogens with one attached hydrogen (secondary N) is 1. The van der Waals surface area contributed by atoms with Crippen LogP contribution >= 0.6 is 11.3 Å². The number of aryl methyl sites for hydroxylation is 2. The Bertz CT molecular complexity index is 1110. The number of thiazole rings is 1. The Morgan fingerprint density at radius 1 is 1.16 bits per heavy atom. The van der Waals surface area contributed by atoms with Gasteiger partial charge in [-0.25, -0.2) is 4.98 Å². The second kappa shape index (κ2) is 14.8. The summed E-state index contributed by atoms with van der Waals surface area (Å²) in [6.45, 7) is 14.8. The standard InChI is InChI=1S/C14H21N3O2.C13H16N2S.C2H6/c1-10(2)13(17-8-11(3)7-15-17)14(19)16-6-4-5-12(16)9-18;1-9(14-3)11-4-6-12(7-5-11)13-10(2)15-8-16-13;1-2/h7-10,12-13H,4-6H2,1-3H3;4-9,14H,1-3H3;1-2H3. The van der Waals surface area contributed by atoms with E-state index in [2.05, 4.69) is 53.5 Å². The summed E-state index contributed by atoms with van der Waals surface area (Å²) in [5, 5.41) is 7.50. The van der Waals surface area contributed by atoms with Crippen LogP contribution < -0.4 is 5.32 Å². The molecule has 2 aromatic heterocycles. The molecular formula is C29H43N5O2S. The van der Waals surface area contributed by atoms with Crippen LogP contribution in [0.3, 0.4) is 0 Å². The van der Waals surface area contributed by atoms with E-state index < -0.39 is 0 Å². The van der Waals surface area contributed by atoms with Gasteiger partial charge < -0.3 is 15.0 Å². The molecule has 8 heteroatoms. The summed E-state index contributed by atoms with van der Waals surface area (Å²) in [7, 11) is 1.98. The van der Waals surface area contributed by atoms with E-state index in [4.69, 9.17) is 0 Å². The third-order valence-electron chi connectivity index (χ3n) is 6.49. The molecule has 7 nitrogen and oxygen atoms in total. The predicted octanol–water partition coefficient (Wildman–Crippen LogP) is 6.00. The lowest BCUT2D eigenvalue weighted by Gasteiger charge is -2.28. The lowest BCUT2D eigenvalue weighted by atomic mass is 10.0. The third-order valence-corrected chi connectivity index (χ3v) is 7.47. The van der Waals surface area contributed by atoms with Gasteiger partial charge in [0.15, 0.2) is 0 Å². The average molecular weight is 526 g/mol. The molecule has 1 saturated heterocycles. The fourth-order valence-corrected chi connectivity index (χ4v) is 5.15. The zero-order valence-electron chi connectivity index (χ0n) is 23.6. The van der Waals surface area contributed by atoms with Crippen LogP contribution in [0.15, 0.2) is 42.2 Å². The van der Waals surface area contributed by atoms with Crippen molar-refractivity contribution in [3.05, 3.63) is 59.0 Å². The van der Waals surface area contributed by atoms with Gasteiger partial charge in [0.05, 0.1) is 28.3 Å². The van der Waals surface area contributed by atoms with E-state index in [0.717, 1.165) is 30.4 Å². The van der Waals surface area contributed by atoms with E-state index in [1.165, 1.54) is 16.0 Å². The molecule has 3 atom stereocenters. The molecule has 3 heterocycles. The highest BCUT2D eigenvalue weighted by atomic mass is 32.1. The maximum absolute atomic E-state index is 12.7. The molecule has 0 saturated carbocycles. The van der Waals surface area contributed by atoms with Crippen LogP contribution in [0.4, 0.5) is 0 Å². The lowest BCUT2D eigenvalue weighted by molar-refractivity contribution is -0.139. The minimum Gasteiger partial charge on any atom is -0.331 e. The van der Waals surface area contributed by atoms with Crippen LogP contribution in [0.1, 0.15) is 76.4 Å². The quantitative estimate of drug-likeness (QED) is 0.383. The maximum Gasteiger partial charge on any atom is 0.248 e. The summed E-state index contributed by atoms with van der Waals surface area (Å²) >= 11 is 1.70. The topological polar surface area (TPSA) is 80.1 Å². The second-order valence-electron chi connectivity index (χ2n) is 9.46. The van der Waals surface area contributed by atoms with E-state index in [1.807, 2.05) is 53.4 Å². The second-order valence-corrected chi connectivity index (χ2v) is 10.3. The van der Waals surface area contributed by atoms with E-state index in [0.29, 0.717) is 12.6 Å². The predicted molar refractivity (Wildman–Crippen MR) is 153 cm³/mol. The number of likely N-dealkylation sites (tertiary alicyclic amines) is 1. The molecule has 0 aliphatic carbocycles. The molecular weight excluding hydrogens is 482 g/mol. The van der Waals surface area contributed by atoms with Crippen LogP contribution in [-0.4, -0.2) is 51.5 Å². The number of carbonyl (C=O) groups is 2. The largest absolute Gasteiger partial charge is 0.331 e. The summed E-state index contributed by atoms with van der Waals surface area (Å²) in [6.07, 6.45) is 6.20. The Morgan fingerprint density at radius 3 is 2.32 bits per heavy atom. The third kappa shape index (κ3) is 7.82. The van der Waals surface area contributed by atoms with Gasteiger partial charge in [-0.3, -0.25) is 9.48 Å². The summed E-state index contributed by atoms with van der Waals surface area (Å²) in [5.41, 5.74) is 6.61. The first-order valence-corrected chi connectivity index (χ1v) is 14.1. The highest BCUT2D eigenvalue weighted by Gasteiger charge is 2.35. The molecule has 3 unspecified atom stereocenters. The number of rotatable bonds is 7. The first-order chi connectivity index (χ1) is 17.8. The number of amides is 1. The number of aldehydes is 1. The molecule has 1 aromatic carbocycles. The fraction of sp³-hybridized carbons (Fsp3) is 0.517. The van der Waals surface area contributed by atoms with Crippen molar-refractivity contribution in [1.29, 1.82) is 0 Å². The first kappa shape index (κ1) is 30.4. The normalized spacial score (nSPS) is 16.4. The van der Waals surface area contributed by atoms with Crippen molar-refractivity contribution in [2.45, 2.75) is 79.4 Å². The molecule has 37 heavy (non-hydrogen) atoms. The Hall–Kier alpha value is -2.84. The minimum absolute atomic E-state index is 0.00713. The summed E-state index contributed by atoms with van der Waals surface area (Å²) in [6, 6.07) is 8.51. The van der Waals surface area contributed by atoms with Crippen molar-refractivity contribution in [1.82, 2.24) is 25.0 Å². The van der Waals surface area contributed by atoms with E-state index >= 15 is 0 Å². The van der Waals surface area contributed by atoms with Crippen molar-refractivity contribution in [2.75, 3.05) is 13.6 Å². The molecule has 3 aromatic rings. The Labute approximate surface area is 226 Å². The van der Waals surface area contributed by atoms with Crippen LogP contribution in [0.25, 0.3) is 10.4 Å². The van der Waals surface area contributed by atoms with Gasteiger partial charge >= 0.3 is 0 Å². The summed E-state index contributed by atoms with van der Waals surface area (Å²) in [5.74, 6) is 0.146. The Morgan fingerprint density at radius 2 is 1.84 bits per heavy atom. The minimum atomic E-state index is -0.325. The number of hydrogen-bond donors (Lipinski definition) is 1. The van der Waals surface area contributed by atoms with Crippen LogP contribution in [0.2, 0.25) is 0 Å².